The molecule has 6 saturated heterocycles. The molecule has 5 aliphatic carbocycles. The van der Waals surface area contributed by atoms with E-state index >= 15 is 4.79 Å². The SMILES string of the molecule is C[C@@H]1O[C@@H](O[C@H]2[C@H](OC(=O)[C@]34CCC(C)(C)C[C@H]3C3=CC[C@@H]5[C@@]6(C)C[C@H](O)[C@H](O[C@@H]7O[C@H](CO[C@@H]8O[C@H](CO[C@@H]9O[C@H](CO)[C@@H](O)[C@H](O)[C@H]9O)[C@@H](O)[C@H](O)[C@H]8O)[C@@H](O)[C@H](O)[C@H]7O)C(CO)(CO)C6CC[C@@]5(C)[C@]3(C)C[C@H]4O)OC[C@H](O)[C@@H]2O)[C@H](O)[C@H](O)[C@H]1O[C@@H]1OC[C@@H](O)[C@H](O)[C@H]1O. The minimum atomic E-state index is -2.02. The minimum Gasteiger partial charge on any atom is -0.432 e. The Hall–Kier alpha value is -2.07. The number of aliphatic hydroxyl groups is 21. The summed E-state index contributed by atoms with van der Waals surface area (Å²) in [5, 5.41) is 232. The Labute approximate surface area is 564 Å². The molecule has 0 bridgehead atoms. The third kappa shape index (κ3) is 13.0. The summed E-state index contributed by atoms with van der Waals surface area (Å²) in [6, 6.07) is 0. The molecule has 0 aromatic rings. The average molecular weight is 1420 g/mol. The maximum Gasteiger partial charge on any atom is 0.317 e. The summed E-state index contributed by atoms with van der Waals surface area (Å²) in [7, 11) is 0. The van der Waals surface area contributed by atoms with Gasteiger partial charge < -0.3 is 164 Å². The lowest BCUT2D eigenvalue weighted by molar-refractivity contribution is -0.369. The number of hydrogen-bond donors (Lipinski definition) is 21. The molecule has 1 unspecified atom stereocenters. The zero-order chi connectivity index (χ0) is 71.6. The fourth-order valence-corrected chi connectivity index (χ4v) is 19.0. The van der Waals surface area contributed by atoms with Crippen molar-refractivity contribution in [1.82, 2.24) is 0 Å². The molecule has 0 radical (unpaired) electrons. The summed E-state index contributed by atoms with van der Waals surface area (Å²) in [4.78, 5) is 15.5. The second-order valence-electron chi connectivity index (χ2n) is 31.1. The number of rotatable bonds is 17. The molecular formula is C64H104O34. The predicted octanol–water partition coefficient (Wildman–Crippen LogP) is -8.19. The molecule has 34 nitrogen and oxygen atoms in total. The molecule has 38 atom stereocenters. The molecule has 6 aliphatic heterocycles. The number of carbonyl (C=O) groups excluding carboxylic acids is 1. The van der Waals surface area contributed by atoms with Crippen LogP contribution in [0, 0.1) is 50.2 Å². The number of fused-ring (bicyclic) bond motifs is 7. The normalized spacial score (nSPS) is 54.1. The zero-order valence-corrected chi connectivity index (χ0v) is 55.5. The van der Waals surface area contributed by atoms with Gasteiger partial charge in [-0.15, -0.1) is 0 Å². The Kier molecular flexibility index (Phi) is 22.8. The molecule has 0 spiro atoms. The van der Waals surface area contributed by atoms with Gasteiger partial charge in [0.25, 0.3) is 0 Å². The van der Waals surface area contributed by atoms with E-state index in [9.17, 15) is 107 Å². The van der Waals surface area contributed by atoms with E-state index in [1.807, 2.05) is 6.92 Å². The van der Waals surface area contributed by atoms with Crippen molar-refractivity contribution in [2.75, 3.05) is 46.2 Å². The smallest absolute Gasteiger partial charge is 0.317 e. The van der Waals surface area contributed by atoms with Gasteiger partial charge in [-0.2, -0.15) is 0 Å². The summed E-state index contributed by atoms with van der Waals surface area (Å²) in [6.07, 6.45) is -48.7. The van der Waals surface area contributed by atoms with E-state index in [0.29, 0.717) is 32.1 Å². The van der Waals surface area contributed by atoms with Gasteiger partial charge >= 0.3 is 5.97 Å². The lowest BCUT2D eigenvalue weighted by Gasteiger charge is -2.72. The quantitative estimate of drug-likeness (QED) is 0.0365. The molecule has 0 aromatic heterocycles. The van der Waals surface area contributed by atoms with Crippen molar-refractivity contribution >= 4 is 5.97 Å². The van der Waals surface area contributed by atoms with Crippen molar-refractivity contribution in [2.45, 2.75) is 283 Å². The van der Waals surface area contributed by atoms with Crippen LogP contribution in [-0.2, 0) is 61.6 Å². The maximum atomic E-state index is 15.5. The summed E-state index contributed by atoms with van der Waals surface area (Å²) in [6.45, 7) is 7.00. The fraction of sp³-hybridized carbons (Fsp3) is 0.953. The van der Waals surface area contributed by atoms with Gasteiger partial charge in [0, 0.05) is 5.41 Å². The first-order chi connectivity index (χ1) is 46.0. The molecule has 98 heavy (non-hydrogen) atoms. The first kappa shape index (κ1) is 77.0. The van der Waals surface area contributed by atoms with Crippen LogP contribution in [0.4, 0.5) is 0 Å². The summed E-state index contributed by atoms with van der Waals surface area (Å²) in [5.74, 6) is -2.54. The van der Waals surface area contributed by atoms with Crippen LogP contribution in [0.3, 0.4) is 0 Å². The molecule has 21 N–H and O–H groups in total. The highest BCUT2D eigenvalue weighted by Crippen LogP contribution is 2.76. The van der Waals surface area contributed by atoms with Gasteiger partial charge in [0.15, 0.2) is 37.6 Å². The van der Waals surface area contributed by atoms with Crippen LogP contribution in [-0.4, -0.2) is 350 Å². The first-order valence-electron chi connectivity index (χ1n) is 34.0. The number of aliphatic hydroxyl groups excluding tert-OH is 21. The molecule has 0 aromatic carbocycles. The van der Waals surface area contributed by atoms with Crippen LogP contribution in [0.15, 0.2) is 11.6 Å². The Morgan fingerprint density at radius 3 is 1.60 bits per heavy atom. The third-order valence-electron chi connectivity index (χ3n) is 25.0. The van der Waals surface area contributed by atoms with E-state index in [4.69, 9.17) is 56.8 Å². The van der Waals surface area contributed by atoms with E-state index in [2.05, 4.69) is 33.8 Å². The van der Waals surface area contributed by atoms with E-state index in [1.165, 1.54) is 6.92 Å². The second-order valence-corrected chi connectivity index (χ2v) is 31.1. The van der Waals surface area contributed by atoms with Gasteiger partial charge in [-0.05, 0) is 97.7 Å². The van der Waals surface area contributed by atoms with Crippen LogP contribution in [0.2, 0.25) is 0 Å². The molecule has 11 aliphatic rings. The van der Waals surface area contributed by atoms with E-state index < -0.39 is 281 Å². The van der Waals surface area contributed by atoms with E-state index in [-0.39, 0.29) is 30.6 Å². The van der Waals surface area contributed by atoms with Gasteiger partial charge in [0.05, 0.1) is 70.7 Å². The first-order valence-corrected chi connectivity index (χ1v) is 34.0. The van der Waals surface area contributed by atoms with Crippen LogP contribution in [0.1, 0.15) is 92.9 Å². The number of esters is 1. The van der Waals surface area contributed by atoms with Crippen molar-refractivity contribution in [3.05, 3.63) is 11.6 Å². The highest BCUT2D eigenvalue weighted by Gasteiger charge is 2.74. The summed E-state index contributed by atoms with van der Waals surface area (Å²) in [5.41, 5.74) is -5.34. The van der Waals surface area contributed by atoms with Crippen molar-refractivity contribution in [1.29, 1.82) is 0 Å². The lowest BCUT2D eigenvalue weighted by Crippen LogP contribution is -2.71. The molecule has 34 heteroatoms. The number of carbonyl (C=O) groups is 1. The van der Waals surface area contributed by atoms with Crippen LogP contribution >= 0.6 is 0 Å². The molecule has 6 heterocycles. The Bertz CT molecular complexity index is 2750. The highest BCUT2D eigenvalue weighted by atomic mass is 16.8. The highest BCUT2D eigenvalue weighted by molar-refractivity contribution is 5.80. The van der Waals surface area contributed by atoms with E-state index in [0.717, 1.165) is 5.57 Å². The largest absolute Gasteiger partial charge is 0.432 e. The van der Waals surface area contributed by atoms with Crippen molar-refractivity contribution in [3.8, 4) is 0 Å². The molecule has 11 rings (SSSR count). The maximum absolute atomic E-state index is 15.5. The van der Waals surface area contributed by atoms with Gasteiger partial charge in [0.1, 0.15) is 127 Å². The summed E-state index contributed by atoms with van der Waals surface area (Å²) >= 11 is 0. The Morgan fingerprint density at radius 1 is 0.500 bits per heavy atom. The molecule has 0 amide bonds. The van der Waals surface area contributed by atoms with Crippen LogP contribution in [0.5, 0.6) is 0 Å². The van der Waals surface area contributed by atoms with Gasteiger partial charge in [-0.1, -0.05) is 46.3 Å². The minimum absolute atomic E-state index is 0.0115. The molecular weight excluding hydrogens is 1310 g/mol. The zero-order valence-electron chi connectivity index (χ0n) is 55.5. The third-order valence-corrected chi connectivity index (χ3v) is 25.0. The number of hydrogen-bond acceptors (Lipinski definition) is 34. The molecule has 10 fully saturated rings. The van der Waals surface area contributed by atoms with Crippen molar-refractivity contribution in [3.63, 3.8) is 0 Å². The molecule has 4 saturated carbocycles. The number of ether oxygens (including phenoxy) is 12. The topological polar surface area (TPSA) is 553 Å². The van der Waals surface area contributed by atoms with Crippen LogP contribution in [0.25, 0.3) is 0 Å². The monoisotopic (exact) mass is 1420 g/mol. The van der Waals surface area contributed by atoms with Gasteiger partial charge in [-0.3, -0.25) is 4.79 Å². The second kappa shape index (κ2) is 29.0. The summed E-state index contributed by atoms with van der Waals surface area (Å²) < 4.78 is 70.0. The van der Waals surface area contributed by atoms with Crippen molar-refractivity contribution < 1.29 is 169 Å². The number of allylic oxidation sites excluding steroid dienone is 2. The molecule has 564 valence electrons. The lowest BCUT2D eigenvalue weighted by atomic mass is 9.33. The standard InChI is InChI=1S/C64H104O34/c1-23-49(95-54-44(81)35(72)27(69)17-87-54)43(80)48(85)55(91-23)96-50-36(73)28(70)18-88-57(50)98-58(86)64-12-11-59(2,3)13-25(64)24-7-8-32-60(4)14-26(68)51(63(21-66,22-67)33(60)9-10-61(32,5)62(24,6)15-34(64)71)97-56-47(84)42(79)39(76)31(94-56)20-90-53-46(83)41(78)38(75)30(93-53)19-89-52-45(82)40(77)37(74)29(16-65)92-52/h7,23,25-57,65-85H,8-22H2,1-6H3/t23-,25-,26-,27+,28-,29+,30+,31+,32+,33?,34+,35-,36-,37+,38+,39+,40-,41-,42-,43-,44+,45+,46+,47+,48+,49-,50+,51-,52+,53+,54-,55-,56-,57-,60+,61+,62+,64+/m0/s1. The average Bonchev–Trinajstić information content (AvgIpc) is 0.669. The predicted molar refractivity (Wildman–Crippen MR) is 320 cm³/mol. The van der Waals surface area contributed by atoms with E-state index in [1.54, 1.807) is 0 Å². The van der Waals surface area contributed by atoms with Crippen LogP contribution < -0.4 is 0 Å². The van der Waals surface area contributed by atoms with Crippen molar-refractivity contribution in [2.24, 2.45) is 50.2 Å². The Balaban J connectivity index is 0.788. The van der Waals surface area contributed by atoms with Gasteiger partial charge in [-0.25, -0.2) is 0 Å². The fourth-order valence-electron chi connectivity index (χ4n) is 19.0. The Morgan fingerprint density at radius 2 is 1.01 bits per heavy atom. The van der Waals surface area contributed by atoms with Gasteiger partial charge in [0.2, 0.25) is 6.29 Å².